The first-order valence-electron chi connectivity index (χ1n) is 9.73. The summed E-state index contributed by atoms with van der Waals surface area (Å²) in [6, 6.07) is 7.32. The molecule has 0 unspecified atom stereocenters. The van der Waals surface area contributed by atoms with E-state index in [0.29, 0.717) is 28.6 Å². The lowest BCUT2D eigenvalue weighted by Crippen LogP contribution is -2.19. The fraction of sp³-hybridized carbons (Fsp3) is 0.190. The number of anilines is 2. The number of rotatable bonds is 5. The van der Waals surface area contributed by atoms with Crippen LogP contribution in [0.25, 0.3) is 11.7 Å². The molecular formula is C21H17FN6O3. The van der Waals surface area contributed by atoms with Gasteiger partial charge in [-0.25, -0.2) is 9.37 Å². The van der Waals surface area contributed by atoms with Gasteiger partial charge >= 0.3 is 0 Å². The van der Waals surface area contributed by atoms with Crippen LogP contribution in [-0.2, 0) is 9.59 Å². The summed E-state index contributed by atoms with van der Waals surface area (Å²) >= 11 is 0. The first kappa shape index (κ1) is 18.9. The van der Waals surface area contributed by atoms with Crippen LogP contribution < -0.4 is 16.0 Å². The average Bonchev–Trinajstić information content (AvgIpc) is 3.37. The number of halogens is 1. The number of nitrogens with one attached hydrogen (secondary N) is 3. The van der Waals surface area contributed by atoms with E-state index in [1.54, 1.807) is 22.9 Å². The van der Waals surface area contributed by atoms with Crippen molar-refractivity contribution in [2.24, 2.45) is 0 Å². The molecule has 31 heavy (non-hydrogen) atoms. The molecule has 5 rings (SSSR count). The van der Waals surface area contributed by atoms with Gasteiger partial charge in [0.15, 0.2) is 5.65 Å². The molecule has 2 aliphatic rings. The smallest absolute Gasteiger partial charge is 0.256 e. The lowest BCUT2D eigenvalue weighted by Gasteiger charge is -2.11. The lowest BCUT2D eigenvalue weighted by atomic mass is 10.1. The van der Waals surface area contributed by atoms with Crippen molar-refractivity contribution in [1.29, 1.82) is 0 Å². The molecule has 3 aromatic rings. The van der Waals surface area contributed by atoms with E-state index >= 15 is 0 Å². The van der Waals surface area contributed by atoms with Crippen molar-refractivity contribution in [3.63, 3.8) is 0 Å². The van der Waals surface area contributed by atoms with Crippen LogP contribution in [0.3, 0.4) is 0 Å². The van der Waals surface area contributed by atoms with Crippen LogP contribution in [0.2, 0.25) is 0 Å². The molecule has 1 saturated carbocycles. The Balaban J connectivity index is 1.53. The highest BCUT2D eigenvalue weighted by Crippen LogP contribution is 2.28. The fourth-order valence-corrected chi connectivity index (χ4v) is 3.31. The molecule has 3 heterocycles. The van der Waals surface area contributed by atoms with Crippen molar-refractivity contribution in [3.05, 3.63) is 59.0 Å². The maximum absolute atomic E-state index is 13.5. The van der Waals surface area contributed by atoms with Gasteiger partial charge in [-0.05, 0) is 37.1 Å². The van der Waals surface area contributed by atoms with Gasteiger partial charge in [-0.1, -0.05) is 6.07 Å². The third kappa shape index (κ3) is 3.87. The molecule has 3 N–H and O–H groups in total. The zero-order valence-corrected chi connectivity index (χ0v) is 16.2. The molecule has 156 valence electrons. The number of carbonyl (C=O) groups is 3. The molecule has 3 amide bonds. The first-order chi connectivity index (χ1) is 15.0. The Morgan fingerprint density at radius 3 is 2.81 bits per heavy atom. The van der Waals surface area contributed by atoms with Gasteiger partial charge in [-0.3, -0.25) is 19.7 Å². The number of amides is 3. The van der Waals surface area contributed by atoms with Crippen molar-refractivity contribution in [2.45, 2.75) is 25.3 Å². The third-order valence-corrected chi connectivity index (χ3v) is 4.98. The number of nitrogens with zero attached hydrogens (tertiary/aromatic N) is 3. The van der Waals surface area contributed by atoms with Gasteiger partial charge in [0.2, 0.25) is 5.91 Å². The molecule has 0 radical (unpaired) electrons. The normalized spacial score (nSPS) is 17.3. The van der Waals surface area contributed by atoms with E-state index < -0.39 is 17.6 Å². The monoisotopic (exact) mass is 420 g/mol. The summed E-state index contributed by atoms with van der Waals surface area (Å²) in [6.07, 6.45) is 5.14. The summed E-state index contributed by atoms with van der Waals surface area (Å²) < 4.78 is 15.1. The van der Waals surface area contributed by atoms with E-state index in [0.717, 1.165) is 18.9 Å². The highest BCUT2D eigenvalue weighted by Gasteiger charge is 2.26. The van der Waals surface area contributed by atoms with Gasteiger partial charge in [0.1, 0.15) is 17.5 Å². The van der Waals surface area contributed by atoms with Gasteiger partial charge < -0.3 is 10.6 Å². The molecule has 1 aliphatic carbocycles. The number of aromatic nitrogens is 3. The Kier molecular flexibility index (Phi) is 4.46. The SMILES string of the molecule is O=C1C/C(=C\c2cnn3c(NC4CC4)cc(NC(=O)c4cccc(F)c4)nc23)C(=O)N1. The number of imide groups is 1. The maximum Gasteiger partial charge on any atom is 0.256 e. The molecule has 10 heteroatoms. The van der Waals surface area contributed by atoms with E-state index in [1.807, 2.05) is 0 Å². The summed E-state index contributed by atoms with van der Waals surface area (Å²) in [5, 5.41) is 12.6. The molecule has 1 aliphatic heterocycles. The minimum Gasteiger partial charge on any atom is -0.367 e. The predicted octanol–water partition coefficient (Wildman–Crippen LogP) is 2.12. The van der Waals surface area contributed by atoms with Crippen molar-refractivity contribution >= 4 is 41.1 Å². The van der Waals surface area contributed by atoms with Crippen LogP contribution >= 0.6 is 0 Å². The summed E-state index contributed by atoms with van der Waals surface area (Å²) in [5.41, 5.74) is 1.41. The fourth-order valence-electron chi connectivity index (χ4n) is 3.31. The summed E-state index contributed by atoms with van der Waals surface area (Å²) in [7, 11) is 0. The number of fused-ring (bicyclic) bond motifs is 1. The summed E-state index contributed by atoms with van der Waals surface area (Å²) in [4.78, 5) is 40.4. The molecule has 0 bridgehead atoms. The molecule has 1 saturated heterocycles. The molecular weight excluding hydrogens is 403 g/mol. The van der Waals surface area contributed by atoms with E-state index in [-0.39, 0.29) is 23.7 Å². The minimum absolute atomic E-state index is 0.0145. The van der Waals surface area contributed by atoms with E-state index in [9.17, 15) is 18.8 Å². The van der Waals surface area contributed by atoms with Crippen LogP contribution in [0.15, 0.2) is 42.1 Å². The molecule has 0 spiro atoms. The molecule has 2 aromatic heterocycles. The van der Waals surface area contributed by atoms with Crippen LogP contribution in [-0.4, -0.2) is 38.4 Å². The van der Waals surface area contributed by atoms with E-state index in [4.69, 9.17) is 0 Å². The summed E-state index contributed by atoms with van der Waals surface area (Å²) in [6.45, 7) is 0. The zero-order valence-electron chi connectivity index (χ0n) is 16.2. The van der Waals surface area contributed by atoms with Crippen molar-refractivity contribution in [3.8, 4) is 0 Å². The largest absolute Gasteiger partial charge is 0.367 e. The van der Waals surface area contributed by atoms with Crippen LogP contribution in [0.4, 0.5) is 16.0 Å². The molecule has 2 fully saturated rings. The Hall–Kier alpha value is -4.08. The molecule has 0 atom stereocenters. The number of hydrogen-bond acceptors (Lipinski definition) is 6. The highest BCUT2D eigenvalue weighted by molar-refractivity contribution is 6.15. The second kappa shape index (κ2) is 7.31. The zero-order chi connectivity index (χ0) is 21.5. The lowest BCUT2D eigenvalue weighted by molar-refractivity contribution is -0.124. The Bertz CT molecular complexity index is 1280. The number of benzene rings is 1. The summed E-state index contributed by atoms with van der Waals surface area (Å²) in [5.74, 6) is -0.957. The highest BCUT2D eigenvalue weighted by atomic mass is 19.1. The van der Waals surface area contributed by atoms with E-state index in [1.165, 1.54) is 18.2 Å². The topological polar surface area (TPSA) is 117 Å². The van der Waals surface area contributed by atoms with Gasteiger partial charge in [0.05, 0.1) is 12.6 Å². The quantitative estimate of drug-likeness (QED) is 0.430. The van der Waals surface area contributed by atoms with Crippen LogP contribution in [0.1, 0.15) is 35.2 Å². The average molecular weight is 420 g/mol. The Morgan fingerprint density at radius 2 is 2.10 bits per heavy atom. The minimum atomic E-state index is -0.513. The predicted molar refractivity (Wildman–Crippen MR) is 110 cm³/mol. The van der Waals surface area contributed by atoms with Crippen molar-refractivity contribution in [2.75, 3.05) is 10.6 Å². The van der Waals surface area contributed by atoms with Crippen LogP contribution in [0.5, 0.6) is 0 Å². The van der Waals surface area contributed by atoms with Gasteiger partial charge in [-0.2, -0.15) is 9.61 Å². The molecule has 1 aromatic carbocycles. The van der Waals surface area contributed by atoms with Gasteiger partial charge in [0, 0.05) is 28.8 Å². The Morgan fingerprint density at radius 1 is 1.26 bits per heavy atom. The number of carbonyl (C=O) groups excluding carboxylic acids is 3. The van der Waals surface area contributed by atoms with Crippen molar-refractivity contribution < 1.29 is 18.8 Å². The Labute approximate surface area is 175 Å². The third-order valence-electron chi connectivity index (χ3n) is 4.98. The van der Waals surface area contributed by atoms with Crippen molar-refractivity contribution in [1.82, 2.24) is 19.9 Å². The van der Waals surface area contributed by atoms with Gasteiger partial charge in [0.25, 0.3) is 11.8 Å². The molecule has 9 nitrogen and oxygen atoms in total. The van der Waals surface area contributed by atoms with Crippen LogP contribution in [0, 0.1) is 5.82 Å². The second-order valence-corrected chi connectivity index (χ2v) is 7.47. The first-order valence-corrected chi connectivity index (χ1v) is 9.73. The maximum atomic E-state index is 13.5. The van der Waals surface area contributed by atoms with E-state index in [2.05, 4.69) is 26.0 Å². The standard InChI is InChI=1S/C21H17FN6O3/c22-14-3-1-2-11(7-14)20(30)26-16-9-17(24-15-4-5-15)28-19(25-16)13(10-23-28)6-12-8-18(29)27-21(12)31/h1-3,6-7,9-10,15,24H,4-5,8H2,(H,25,26,30)(H,27,29,31)/b12-6+. The second-order valence-electron chi connectivity index (χ2n) is 7.47. The number of hydrogen-bond donors (Lipinski definition) is 3. The van der Waals surface area contributed by atoms with Gasteiger partial charge in [-0.15, -0.1) is 0 Å².